The van der Waals surface area contributed by atoms with E-state index in [1.54, 1.807) is 6.92 Å². The predicted octanol–water partition coefficient (Wildman–Crippen LogP) is 1.79. The lowest BCUT2D eigenvalue weighted by atomic mass is 10.2. The quantitative estimate of drug-likeness (QED) is 0.532. The maximum absolute atomic E-state index is 11.0. The van der Waals surface area contributed by atoms with Crippen molar-refractivity contribution in [2.24, 2.45) is 0 Å². The zero-order valence-electron chi connectivity index (χ0n) is 8.07. The van der Waals surface area contributed by atoms with E-state index >= 15 is 0 Å². The van der Waals surface area contributed by atoms with E-state index in [-0.39, 0.29) is 5.78 Å². The largest absolute Gasteiger partial charge is 0.365 e. The molecule has 0 aliphatic rings. The molecule has 0 spiro atoms. The van der Waals surface area contributed by atoms with E-state index < -0.39 is 6.10 Å². The molecule has 72 valence electrons. The molecular formula is C12H12O2. The minimum atomic E-state index is -0.528. The zero-order valence-corrected chi connectivity index (χ0v) is 8.07. The Morgan fingerprint density at radius 1 is 1.50 bits per heavy atom. The Labute approximate surface area is 83.9 Å². The van der Waals surface area contributed by atoms with Crippen LogP contribution in [-0.2, 0) is 16.1 Å². The molecule has 0 bridgehead atoms. The van der Waals surface area contributed by atoms with Gasteiger partial charge in [0.1, 0.15) is 6.10 Å². The first-order valence-electron chi connectivity index (χ1n) is 4.40. The molecule has 1 atom stereocenters. The molecule has 2 heteroatoms. The Morgan fingerprint density at radius 3 is 2.71 bits per heavy atom. The topological polar surface area (TPSA) is 26.3 Å². The second kappa shape index (κ2) is 5.21. The average Bonchev–Trinajstić information content (AvgIpc) is 2.26. The second-order valence-electron chi connectivity index (χ2n) is 2.95. The summed E-state index contributed by atoms with van der Waals surface area (Å²) in [7, 11) is 0. The van der Waals surface area contributed by atoms with Gasteiger partial charge in [-0.25, -0.2) is 0 Å². The molecule has 0 aliphatic carbocycles. The Balaban J connectivity index is 2.43. The summed E-state index contributed by atoms with van der Waals surface area (Å²) in [5.41, 5.74) is 1.03. The summed E-state index contributed by atoms with van der Waals surface area (Å²) in [6.07, 6.45) is 4.43. The SMILES string of the molecule is C#CC(=O)[C@@H](C)OCc1ccccc1. The van der Waals surface area contributed by atoms with Gasteiger partial charge in [-0.15, -0.1) is 6.42 Å². The molecule has 0 fully saturated rings. The highest BCUT2D eigenvalue weighted by atomic mass is 16.5. The molecule has 1 aromatic carbocycles. The van der Waals surface area contributed by atoms with Crippen molar-refractivity contribution in [3.05, 3.63) is 35.9 Å². The van der Waals surface area contributed by atoms with Crippen LogP contribution in [0.15, 0.2) is 30.3 Å². The van der Waals surface area contributed by atoms with Gasteiger partial charge in [0.2, 0.25) is 5.78 Å². The third-order valence-electron chi connectivity index (χ3n) is 1.85. The average molecular weight is 188 g/mol. The maximum atomic E-state index is 11.0. The van der Waals surface area contributed by atoms with Gasteiger partial charge in [-0.2, -0.15) is 0 Å². The van der Waals surface area contributed by atoms with Crippen LogP contribution in [-0.4, -0.2) is 11.9 Å². The number of terminal acetylenes is 1. The molecule has 0 heterocycles. The molecule has 1 aromatic rings. The van der Waals surface area contributed by atoms with E-state index in [0.29, 0.717) is 6.61 Å². The molecule has 0 unspecified atom stereocenters. The number of Topliss-reactive ketones (excluding diaryl/α,β-unsaturated/α-hetero) is 1. The molecule has 0 aromatic heterocycles. The number of ether oxygens (including phenoxy) is 1. The van der Waals surface area contributed by atoms with Gasteiger partial charge in [0.05, 0.1) is 6.61 Å². The Morgan fingerprint density at radius 2 is 2.14 bits per heavy atom. The number of carbonyl (C=O) groups is 1. The highest BCUT2D eigenvalue weighted by Gasteiger charge is 2.09. The van der Waals surface area contributed by atoms with Crippen LogP contribution in [0.2, 0.25) is 0 Å². The van der Waals surface area contributed by atoms with Crippen LogP contribution in [0.25, 0.3) is 0 Å². The summed E-state index contributed by atoms with van der Waals surface area (Å²) in [6, 6.07) is 9.65. The number of hydrogen-bond acceptors (Lipinski definition) is 2. The molecular weight excluding hydrogens is 176 g/mol. The second-order valence-corrected chi connectivity index (χ2v) is 2.95. The highest BCUT2D eigenvalue weighted by molar-refractivity contribution is 5.98. The first-order chi connectivity index (χ1) is 6.74. The molecule has 0 aliphatic heterocycles. The minimum Gasteiger partial charge on any atom is -0.365 e. The van der Waals surface area contributed by atoms with Gasteiger partial charge < -0.3 is 4.74 Å². The monoisotopic (exact) mass is 188 g/mol. The van der Waals surface area contributed by atoms with Gasteiger partial charge in [0.25, 0.3) is 0 Å². The Kier molecular flexibility index (Phi) is 3.90. The van der Waals surface area contributed by atoms with Crippen molar-refractivity contribution in [2.45, 2.75) is 19.6 Å². The first kappa shape index (κ1) is 10.5. The van der Waals surface area contributed by atoms with Crippen molar-refractivity contribution < 1.29 is 9.53 Å². The van der Waals surface area contributed by atoms with Crippen LogP contribution in [0.4, 0.5) is 0 Å². The molecule has 0 saturated carbocycles. The molecule has 1 rings (SSSR count). The number of hydrogen-bond donors (Lipinski definition) is 0. The van der Waals surface area contributed by atoms with Crippen LogP contribution < -0.4 is 0 Å². The fourth-order valence-corrected chi connectivity index (χ4v) is 0.989. The Hall–Kier alpha value is -1.59. The fraction of sp³-hybridized carbons (Fsp3) is 0.250. The summed E-state index contributed by atoms with van der Waals surface area (Å²) >= 11 is 0. The van der Waals surface area contributed by atoms with Crippen molar-refractivity contribution in [2.75, 3.05) is 0 Å². The van der Waals surface area contributed by atoms with E-state index in [4.69, 9.17) is 11.2 Å². The van der Waals surface area contributed by atoms with Gasteiger partial charge in [-0.1, -0.05) is 30.3 Å². The van der Waals surface area contributed by atoms with Crippen molar-refractivity contribution in [1.29, 1.82) is 0 Å². The number of ketones is 1. The summed E-state index contributed by atoms with van der Waals surface area (Å²) in [6.45, 7) is 2.07. The number of rotatable bonds is 4. The normalized spacial score (nSPS) is 11.7. The van der Waals surface area contributed by atoms with Gasteiger partial charge in [0, 0.05) is 0 Å². The fourth-order valence-electron chi connectivity index (χ4n) is 0.989. The van der Waals surface area contributed by atoms with Gasteiger partial charge in [-0.05, 0) is 18.4 Å². The van der Waals surface area contributed by atoms with E-state index in [2.05, 4.69) is 0 Å². The zero-order chi connectivity index (χ0) is 10.4. The third-order valence-corrected chi connectivity index (χ3v) is 1.85. The minimum absolute atomic E-state index is 0.319. The molecule has 0 N–H and O–H groups in total. The summed E-state index contributed by atoms with van der Waals surface area (Å²) < 4.78 is 5.29. The van der Waals surface area contributed by atoms with Crippen molar-refractivity contribution in [1.82, 2.24) is 0 Å². The van der Waals surface area contributed by atoms with Gasteiger partial charge in [0.15, 0.2) is 0 Å². The predicted molar refractivity (Wildman–Crippen MR) is 54.5 cm³/mol. The van der Waals surface area contributed by atoms with Gasteiger partial charge in [-0.3, -0.25) is 4.79 Å². The van der Waals surface area contributed by atoms with E-state index in [9.17, 15) is 4.79 Å². The summed E-state index contributed by atoms with van der Waals surface area (Å²) in [5.74, 6) is 1.72. The van der Waals surface area contributed by atoms with E-state index in [1.165, 1.54) is 0 Å². The molecule has 0 saturated heterocycles. The first-order valence-corrected chi connectivity index (χ1v) is 4.40. The lowest BCUT2D eigenvalue weighted by molar-refractivity contribution is -0.124. The third kappa shape index (κ3) is 3.04. The number of carbonyl (C=O) groups excluding carboxylic acids is 1. The van der Waals surface area contributed by atoms with Crippen LogP contribution in [0.1, 0.15) is 12.5 Å². The highest BCUT2D eigenvalue weighted by Crippen LogP contribution is 2.03. The van der Waals surface area contributed by atoms with Gasteiger partial charge >= 0.3 is 0 Å². The molecule has 0 radical (unpaired) electrons. The van der Waals surface area contributed by atoms with Crippen LogP contribution in [0.3, 0.4) is 0 Å². The van der Waals surface area contributed by atoms with Crippen LogP contribution >= 0.6 is 0 Å². The van der Waals surface area contributed by atoms with Crippen LogP contribution in [0, 0.1) is 12.3 Å². The van der Waals surface area contributed by atoms with Crippen LogP contribution in [0.5, 0.6) is 0 Å². The standard InChI is InChI=1S/C12H12O2/c1-3-12(13)10(2)14-9-11-7-5-4-6-8-11/h1,4-8,10H,9H2,2H3/t10-/m1/s1. The summed E-state index contributed by atoms with van der Waals surface area (Å²) in [4.78, 5) is 11.0. The Bertz CT molecular complexity index is 335. The number of benzene rings is 1. The maximum Gasteiger partial charge on any atom is 0.233 e. The summed E-state index contributed by atoms with van der Waals surface area (Å²) in [5, 5.41) is 0. The smallest absolute Gasteiger partial charge is 0.233 e. The van der Waals surface area contributed by atoms with Crippen molar-refractivity contribution in [3.63, 3.8) is 0 Å². The van der Waals surface area contributed by atoms with Crippen molar-refractivity contribution >= 4 is 5.78 Å². The lowest BCUT2D eigenvalue weighted by Gasteiger charge is -2.08. The molecule has 14 heavy (non-hydrogen) atoms. The lowest BCUT2D eigenvalue weighted by Crippen LogP contribution is -2.18. The molecule has 2 nitrogen and oxygen atoms in total. The van der Waals surface area contributed by atoms with E-state index in [1.807, 2.05) is 36.3 Å². The van der Waals surface area contributed by atoms with Crippen molar-refractivity contribution in [3.8, 4) is 12.3 Å². The van der Waals surface area contributed by atoms with E-state index in [0.717, 1.165) is 5.56 Å². The molecule has 0 amide bonds.